The molecule has 0 fully saturated rings. The minimum Gasteiger partial charge on any atom is -0.491 e. The monoisotopic (exact) mass is 388 g/mol. The van der Waals surface area contributed by atoms with Gasteiger partial charge in [-0.25, -0.2) is 0 Å². The lowest BCUT2D eigenvalue weighted by Crippen LogP contribution is -2.19. The summed E-state index contributed by atoms with van der Waals surface area (Å²) < 4.78 is 17.1. The van der Waals surface area contributed by atoms with E-state index in [0.717, 1.165) is 15.8 Å². The predicted molar refractivity (Wildman–Crippen MR) is 95.8 cm³/mol. The maximum Gasteiger partial charge on any atom is 0.196 e. The molecule has 24 heavy (non-hydrogen) atoms. The average molecular weight is 389 g/mol. The molecule has 1 heterocycles. The first kappa shape index (κ1) is 16.7. The highest BCUT2D eigenvalue weighted by Crippen LogP contribution is 2.30. The fourth-order valence-corrected chi connectivity index (χ4v) is 2.81. The molecule has 0 saturated heterocycles. The molecule has 0 radical (unpaired) electrons. The van der Waals surface area contributed by atoms with Gasteiger partial charge >= 0.3 is 0 Å². The Morgan fingerprint density at radius 3 is 2.92 bits per heavy atom. The summed E-state index contributed by atoms with van der Waals surface area (Å²) in [5.74, 6) is 1.36. The number of fused-ring (bicyclic) bond motifs is 1. The van der Waals surface area contributed by atoms with Gasteiger partial charge in [0.15, 0.2) is 5.78 Å². The molecular weight excluding hydrogens is 372 g/mol. The maximum atomic E-state index is 12.7. The van der Waals surface area contributed by atoms with Crippen molar-refractivity contribution in [3.05, 3.63) is 63.6 Å². The number of carbonyl (C=O) groups is 1. The van der Waals surface area contributed by atoms with E-state index < -0.39 is 0 Å². The lowest BCUT2D eigenvalue weighted by atomic mass is 9.98. The Morgan fingerprint density at radius 1 is 1.21 bits per heavy atom. The van der Waals surface area contributed by atoms with Crippen LogP contribution in [0.1, 0.15) is 15.9 Å². The van der Waals surface area contributed by atoms with Crippen molar-refractivity contribution < 1.29 is 19.0 Å². The molecule has 124 valence electrons. The zero-order valence-corrected chi connectivity index (χ0v) is 14.8. The van der Waals surface area contributed by atoms with Gasteiger partial charge in [0.05, 0.1) is 12.2 Å². The molecular formula is C19H17BrO4. The van der Waals surface area contributed by atoms with Crippen molar-refractivity contribution in [1.82, 2.24) is 0 Å². The van der Waals surface area contributed by atoms with E-state index in [4.69, 9.17) is 14.2 Å². The number of benzene rings is 2. The number of rotatable bonds is 5. The van der Waals surface area contributed by atoms with E-state index in [9.17, 15) is 4.79 Å². The van der Waals surface area contributed by atoms with Crippen LogP contribution >= 0.6 is 15.9 Å². The molecule has 0 aliphatic carbocycles. The van der Waals surface area contributed by atoms with Crippen LogP contribution in [0.15, 0.2) is 52.5 Å². The minimum atomic E-state index is -0.0109. The summed E-state index contributed by atoms with van der Waals surface area (Å²) in [5, 5.41) is 0. The summed E-state index contributed by atoms with van der Waals surface area (Å²) in [6.07, 6.45) is 1.84. The highest BCUT2D eigenvalue weighted by atomic mass is 79.9. The van der Waals surface area contributed by atoms with Crippen LogP contribution in [-0.2, 0) is 4.74 Å². The van der Waals surface area contributed by atoms with Crippen molar-refractivity contribution in [3.8, 4) is 11.5 Å². The van der Waals surface area contributed by atoms with Crippen LogP contribution in [-0.4, -0.2) is 32.7 Å². The number of halogens is 1. The van der Waals surface area contributed by atoms with E-state index in [2.05, 4.69) is 15.9 Å². The summed E-state index contributed by atoms with van der Waals surface area (Å²) in [7, 11) is 1.63. The second-order valence-corrected chi connectivity index (χ2v) is 6.26. The number of Topliss-reactive ketones (excluding diaryl/α,β-unsaturated/α-hetero) is 1. The molecule has 0 aromatic heterocycles. The van der Waals surface area contributed by atoms with Gasteiger partial charge < -0.3 is 14.2 Å². The molecule has 0 amide bonds. The van der Waals surface area contributed by atoms with E-state index >= 15 is 0 Å². The SMILES string of the molecule is COCCOc1cccc(/C=C2\COc3ccc(Br)cc3C2=O)c1. The Hall–Kier alpha value is -2.11. The van der Waals surface area contributed by atoms with Crippen LogP contribution < -0.4 is 9.47 Å². The standard InChI is InChI=1S/C19H17BrO4/c1-22-7-8-23-16-4-2-3-13(10-16)9-14-12-24-18-6-5-15(20)11-17(18)19(14)21/h2-6,9-11H,7-8,12H2,1H3/b14-9+. The molecule has 1 aliphatic rings. The van der Waals surface area contributed by atoms with Gasteiger partial charge in [0, 0.05) is 17.2 Å². The van der Waals surface area contributed by atoms with Gasteiger partial charge in [0.2, 0.25) is 0 Å². The number of carbonyl (C=O) groups excluding carboxylic acids is 1. The molecule has 1 aliphatic heterocycles. The highest BCUT2D eigenvalue weighted by molar-refractivity contribution is 9.10. The van der Waals surface area contributed by atoms with Crippen LogP contribution in [0.25, 0.3) is 6.08 Å². The molecule has 5 heteroatoms. The third-order valence-corrected chi connectivity index (χ3v) is 4.11. The second-order valence-electron chi connectivity index (χ2n) is 5.34. The first-order chi connectivity index (χ1) is 11.7. The van der Waals surface area contributed by atoms with Crippen LogP contribution in [0, 0.1) is 0 Å². The largest absolute Gasteiger partial charge is 0.491 e. The Labute approximate surface area is 149 Å². The number of methoxy groups -OCH3 is 1. The van der Waals surface area contributed by atoms with E-state index in [1.807, 2.05) is 36.4 Å². The van der Waals surface area contributed by atoms with Gasteiger partial charge in [-0.1, -0.05) is 28.1 Å². The Kier molecular flexibility index (Phi) is 5.33. The summed E-state index contributed by atoms with van der Waals surface area (Å²) in [6.45, 7) is 1.28. The number of ether oxygens (including phenoxy) is 3. The third-order valence-electron chi connectivity index (χ3n) is 3.62. The van der Waals surface area contributed by atoms with Gasteiger partial charge in [-0.05, 0) is 42.0 Å². The van der Waals surface area contributed by atoms with Crippen LogP contribution in [0.2, 0.25) is 0 Å². The van der Waals surface area contributed by atoms with Gasteiger partial charge in [-0.2, -0.15) is 0 Å². The zero-order valence-electron chi connectivity index (χ0n) is 13.3. The first-order valence-corrected chi connectivity index (χ1v) is 8.36. The molecule has 0 bridgehead atoms. The van der Waals surface area contributed by atoms with Crippen LogP contribution in [0.5, 0.6) is 11.5 Å². The molecule has 2 aromatic rings. The van der Waals surface area contributed by atoms with Crippen molar-refractivity contribution in [3.63, 3.8) is 0 Å². The van der Waals surface area contributed by atoms with Crippen molar-refractivity contribution in [2.45, 2.75) is 0 Å². The topological polar surface area (TPSA) is 44.8 Å². The molecule has 0 atom stereocenters. The minimum absolute atomic E-state index is 0.0109. The molecule has 0 N–H and O–H groups in total. The summed E-state index contributed by atoms with van der Waals surface area (Å²) in [6, 6.07) is 13.1. The van der Waals surface area contributed by atoms with Gasteiger partial charge in [-0.3, -0.25) is 4.79 Å². The van der Waals surface area contributed by atoms with Crippen molar-refractivity contribution in [2.24, 2.45) is 0 Å². The molecule has 0 saturated carbocycles. The first-order valence-electron chi connectivity index (χ1n) is 7.57. The average Bonchev–Trinajstić information content (AvgIpc) is 2.59. The van der Waals surface area contributed by atoms with Gasteiger partial charge in [-0.15, -0.1) is 0 Å². The smallest absolute Gasteiger partial charge is 0.196 e. The molecule has 4 nitrogen and oxygen atoms in total. The number of ketones is 1. The second kappa shape index (κ2) is 7.64. The van der Waals surface area contributed by atoms with Gasteiger partial charge in [0.25, 0.3) is 0 Å². The quantitative estimate of drug-likeness (QED) is 0.570. The van der Waals surface area contributed by atoms with Gasteiger partial charge in [0.1, 0.15) is 24.7 Å². The molecule has 0 spiro atoms. The lowest BCUT2D eigenvalue weighted by Gasteiger charge is -2.19. The van der Waals surface area contributed by atoms with E-state index in [-0.39, 0.29) is 12.4 Å². The van der Waals surface area contributed by atoms with E-state index in [1.54, 1.807) is 19.2 Å². The summed E-state index contributed by atoms with van der Waals surface area (Å²) in [4.78, 5) is 12.7. The molecule has 2 aromatic carbocycles. The van der Waals surface area contributed by atoms with E-state index in [0.29, 0.717) is 30.1 Å². The predicted octanol–water partition coefficient (Wildman–Crippen LogP) is 4.13. The fourth-order valence-electron chi connectivity index (χ4n) is 2.44. The lowest BCUT2D eigenvalue weighted by molar-refractivity contribution is 0.100. The number of hydrogen-bond acceptors (Lipinski definition) is 4. The van der Waals surface area contributed by atoms with Crippen LogP contribution in [0.3, 0.4) is 0 Å². The van der Waals surface area contributed by atoms with Crippen molar-refractivity contribution >= 4 is 27.8 Å². The van der Waals surface area contributed by atoms with E-state index in [1.165, 1.54) is 0 Å². The maximum absolute atomic E-state index is 12.7. The Bertz CT molecular complexity index is 783. The molecule has 0 unspecified atom stereocenters. The summed E-state index contributed by atoms with van der Waals surface area (Å²) in [5.41, 5.74) is 2.10. The highest BCUT2D eigenvalue weighted by Gasteiger charge is 2.23. The third kappa shape index (κ3) is 3.86. The normalized spacial score (nSPS) is 15.1. The fraction of sp³-hybridized carbons (Fsp3) is 0.211. The van der Waals surface area contributed by atoms with Crippen molar-refractivity contribution in [1.29, 1.82) is 0 Å². The Morgan fingerprint density at radius 2 is 2.08 bits per heavy atom. The Balaban J connectivity index is 1.82. The number of hydrogen-bond donors (Lipinski definition) is 0. The summed E-state index contributed by atoms with van der Waals surface area (Å²) >= 11 is 3.39. The van der Waals surface area contributed by atoms with Crippen molar-refractivity contribution in [2.75, 3.05) is 26.9 Å². The molecule has 3 rings (SSSR count). The zero-order chi connectivity index (χ0) is 16.9. The van der Waals surface area contributed by atoms with Crippen LogP contribution in [0.4, 0.5) is 0 Å².